The van der Waals surface area contributed by atoms with Crippen molar-refractivity contribution >= 4 is 11.6 Å². The van der Waals surface area contributed by atoms with Crippen molar-refractivity contribution in [3.05, 3.63) is 23.5 Å². The number of pyridine rings is 1. The number of nitrogens with two attached hydrogens (primary N) is 1. The number of ether oxygens (including phenoxy) is 1. The third-order valence-electron chi connectivity index (χ3n) is 3.27. The SMILES string of the molecule is Cc1cc(NN)c(C(=O)N(C)CC2CCCO2)cn1. The van der Waals surface area contributed by atoms with E-state index in [1.54, 1.807) is 24.2 Å². The molecule has 0 aromatic carbocycles. The molecule has 19 heavy (non-hydrogen) atoms. The van der Waals surface area contributed by atoms with E-state index in [0.717, 1.165) is 25.1 Å². The number of aromatic nitrogens is 1. The van der Waals surface area contributed by atoms with Gasteiger partial charge in [0.25, 0.3) is 5.91 Å². The summed E-state index contributed by atoms with van der Waals surface area (Å²) in [7, 11) is 1.77. The molecule has 0 radical (unpaired) electrons. The van der Waals surface area contributed by atoms with Crippen LogP contribution in [0, 0.1) is 6.92 Å². The molecule has 2 heterocycles. The molecule has 1 atom stereocenters. The summed E-state index contributed by atoms with van der Waals surface area (Å²) >= 11 is 0. The second-order valence-corrected chi connectivity index (χ2v) is 4.84. The average molecular weight is 264 g/mol. The number of anilines is 1. The first-order valence-electron chi connectivity index (χ1n) is 6.42. The summed E-state index contributed by atoms with van der Waals surface area (Å²) < 4.78 is 5.54. The summed E-state index contributed by atoms with van der Waals surface area (Å²) in [6.45, 7) is 3.23. The minimum absolute atomic E-state index is 0.101. The maximum absolute atomic E-state index is 12.4. The van der Waals surface area contributed by atoms with Crippen LogP contribution < -0.4 is 11.3 Å². The minimum Gasteiger partial charge on any atom is -0.376 e. The number of likely N-dealkylation sites (N-methyl/N-ethyl adjacent to an activating group) is 1. The smallest absolute Gasteiger partial charge is 0.257 e. The summed E-state index contributed by atoms with van der Waals surface area (Å²) in [5.74, 6) is 5.35. The van der Waals surface area contributed by atoms with Crippen LogP contribution in [0.1, 0.15) is 28.9 Å². The Morgan fingerprint density at radius 3 is 3.11 bits per heavy atom. The molecule has 1 aliphatic rings. The summed E-state index contributed by atoms with van der Waals surface area (Å²) in [4.78, 5) is 18.2. The van der Waals surface area contributed by atoms with Gasteiger partial charge in [-0.1, -0.05) is 0 Å². The van der Waals surface area contributed by atoms with Gasteiger partial charge in [0.2, 0.25) is 0 Å². The molecule has 1 fully saturated rings. The van der Waals surface area contributed by atoms with E-state index >= 15 is 0 Å². The van der Waals surface area contributed by atoms with Gasteiger partial charge in [-0.15, -0.1) is 0 Å². The number of hydrogen-bond acceptors (Lipinski definition) is 5. The Labute approximate surface area is 112 Å². The number of amides is 1. The molecule has 1 aromatic heterocycles. The van der Waals surface area contributed by atoms with Crippen molar-refractivity contribution < 1.29 is 9.53 Å². The molecule has 1 unspecified atom stereocenters. The maximum atomic E-state index is 12.4. The first-order valence-corrected chi connectivity index (χ1v) is 6.42. The molecule has 2 rings (SSSR count). The molecule has 1 aliphatic heterocycles. The van der Waals surface area contributed by atoms with Crippen LogP contribution in [0.15, 0.2) is 12.3 Å². The Hall–Kier alpha value is -1.66. The number of nitrogens with one attached hydrogen (secondary N) is 1. The van der Waals surface area contributed by atoms with E-state index < -0.39 is 0 Å². The van der Waals surface area contributed by atoms with Gasteiger partial charge in [0.1, 0.15) is 0 Å². The number of nitrogen functional groups attached to an aromatic ring is 1. The highest BCUT2D eigenvalue weighted by Gasteiger charge is 2.22. The van der Waals surface area contributed by atoms with E-state index in [4.69, 9.17) is 10.6 Å². The van der Waals surface area contributed by atoms with Crippen molar-refractivity contribution in [2.45, 2.75) is 25.9 Å². The molecule has 0 saturated carbocycles. The van der Waals surface area contributed by atoms with Gasteiger partial charge in [0.05, 0.1) is 17.4 Å². The quantitative estimate of drug-likeness (QED) is 0.624. The van der Waals surface area contributed by atoms with Crippen LogP contribution in [-0.2, 0) is 4.74 Å². The maximum Gasteiger partial charge on any atom is 0.257 e. The average Bonchev–Trinajstić information content (AvgIpc) is 2.90. The fraction of sp³-hybridized carbons (Fsp3) is 0.538. The van der Waals surface area contributed by atoms with Gasteiger partial charge in [0.15, 0.2) is 0 Å². The molecule has 0 aliphatic carbocycles. The molecule has 0 bridgehead atoms. The van der Waals surface area contributed by atoms with Gasteiger partial charge in [-0.3, -0.25) is 15.6 Å². The zero-order valence-electron chi connectivity index (χ0n) is 11.3. The summed E-state index contributed by atoms with van der Waals surface area (Å²) in [5.41, 5.74) is 4.43. The van der Waals surface area contributed by atoms with E-state index in [-0.39, 0.29) is 12.0 Å². The fourth-order valence-electron chi connectivity index (χ4n) is 2.23. The Kier molecular flexibility index (Phi) is 4.34. The van der Waals surface area contributed by atoms with Gasteiger partial charge < -0.3 is 15.1 Å². The number of hydrazine groups is 1. The number of hydrogen-bond donors (Lipinski definition) is 2. The Balaban J connectivity index is 2.09. The van der Waals surface area contributed by atoms with Gasteiger partial charge in [0, 0.05) is 32.1 Å². The van der Waals surface area contributed by atoms with Crippen LogP contribution in [0.3, 0.4) is 0 Å². The van der Waals surface area contributed by atoms with Crippen LogP contribution in [0.25, 0.3) is 0 Å². The number of aryl methyl sites for hydroxylation is 1. The standard InChI is InChI=1S/C13H20N4O2/c1-9-6-12(16-14)11(7-15-9)13(18)17(2)8-10-4-3-5-19-10/h6-7,10H,3-5,8,14H2,1-2H3,(H,15,16). The van der Waals surface area contributed by atoms with Crippen molar-refractivity contribution in [3.8, 4) is 0 Å². The fourth-order valence-corrected chi connectivity index (χ4v) is 2.23. The zero-order chi connectivity index (χ0) is 13.8. The lowest BCUT2D eigenvalue weighted by Crippen LogP contribution is -2.34. The lowest BCUT2D eigenvalue weighted by Gasteiger charge is -2.21. The lowest BCUT2D eigenvalue weighted by atomic mass is 10.1. The van der Waals surface area contributed by atoms with Crippen LogP contribution in [0.5, 0.6) is 0 Å². The van der Waals surface area contributed by atoms with Crippen molar-refractivity contribution in [2.75, 3.05) is 25.6 Å². The minimum atomic E-state index is -0.101. The molecule has 1 amide bonds. The molecule has 1 aromatic rings. The predicted molar refractivity (Wildman–Crippen MR) is 72.7 cm³/mol. The van der Waals surface area contributed by atoms with E-state index in [1.807, 2.05) is 6.92 Å². The molecule has 3 N–H and O–H groups in total. The Morgan fingerprint density at radius 2 is 2.47 bits per heavy atom. The lowest BCUT2D eigenvalue weighted by molar-refractivity contribution is 0.0587. The number of carbonyl (C=O) groups excluding carboxylic acids is 1. The Morgan fingerprint density at radius 1 is 1.68 bits per heavy atom. The number of nitrogens with zero attached hydrogens (tertiary/aromatic N) is 2. The van der Waals surface area contributed by atoms with Crippen molar-refractivity contribution in [3.63, 3.8) is 0 Å². The van der Waals surface area contributed by atoms with Crippen LogP contribution in [-0.4, -0.2) is 42.1 Å². The van der Waals surface area contributed by atoms with E-state index in [2.05, 4.69) is 10.4 Å². The molecule has 0 spiro atoms. The topological polar surface area (TPSA) is 80.5 Å². The van der Waals surface area contributed by atoms with Gasteiger partial charge >= 0.3 is 0 Å². The molecule has 1 saturated heterocycles. The second kappa shape index (κ2) is 5.99. The largest absolute Gasteiger partial charge is 0.376 e. The highest BCUT2D eigenvalue weighted by atomic mass is 16.5. The van der Waals surface area contributed by atoms with E-state index in [9.17, 15) is 4.79 Å². The third-order valence-corrected chi connectivity index (χ3v) is 3.27. The van der Waals surface area contributed by atoms with Crippen molar-refractivity contribution in [2.24, 2.45) is 5.84 Å². The van der Waals surface area contributed by atoms with Crippen LogP contribution in [0.4, 0.5) is 5.69 Å². The number of carbonyl (C=O) groups is 1. The first-order chi connectivity index (χ1) is 9.11. The summed E-state index contributed by atoms with van der Waals surface area (Å²) in [5, 5.41) is 0. The van der Waals surface area contributed by atoms with Gasteiger partial charge in [-0.25, -0.2) is 0 Å². The highest BCUT2D eigenvalue weighted by molar-refractivity contribution is 5.99. The first kappa shape index (κ1) is 13.8. The van der Waals surface area contributed by atoms with Gasteiger partial charge in [-0.05, 0) is 25.8 Å². The monoisotopic (exact) mass is 264 g/mol. The molecule has 6 heteroatoms. The normalized spacial score (nSPS) is 18.4. The van der Waals surface area contributed by atoms with Crippen molar-refractivity contribution in [1.29, 1.82) is 0 Å². The second-order valence-electron chi connectivity index (χ2n) is 4.84. The van der Waals surface area contributed by atoms with E-state index in [0.29, 0.717) is 17.8 Å². The Bertz CT molecular complexity index is 458. The van der Waals surface area contributed by atoms with Gasteiger partial charge in [-0.2, -0.15) is 0 Å². The summed E-state index contributed by atoms with van der Waals surface area (Å²) in [6.07, 6.45) is 3.76. The zero-order valence-corrected chi connectivity index (χ0v) is 11.3. The third kappa shape index (κ3) is 3.21. The van der Waals surface area contributed by atoms with Crippen molar-refractivity contribution in [1.82, 2.24) is 9.88 Å². The highest BCUT2D eigenvalue weighted by Crippen LogP contribution is 2.18. The van der Waals surface area contributed by atoms with E-state index in [1.165, 1.54) is 0 Å². The molecule has 104 valence electrons. The van der Waals surface area contributed by atoms with Crippen LogP contribution in [0.2, 0.25) is 0 Å². The number of rotatable bonds is 4. The predicted octanol–water partition coefficient (Wildman–Crippen LogP) is 0.927. The molecular formula is C13H20N4O2. The summed E-state index contributed by atoms with van der Waals surface area (Å²) in [6, 6.07) is 1.76. The molecular weight excluding hydrogens is 244 g/mol. The van der Waals surface area contributed by atoms with Crippen LogP contribution >= 0.6 is 0 Å². The molecule has 6 nitrogen and oxygen atoms in total.